The SMILES string of the molecule is CCCOC(=O)c1c(NC(=O)c2cccnc2Cl)sc2c1CCCCC2. The molecule has 1 amide bonds. The van der Waals surface area contributed by atoms with Crippen molar-refractivity contribution in [3.05, 3.63) is 45.1 Å². The number of aromatic nitrogens is 1. The van der Waals surface area contributed by atoms with Crippen LogP contribution in [0.2, 0.25) is 5.15 Å². The van der Waals surface area contributed by atoms with Crippen molar-refractivity contribution in [3.63, 3.8) is 0 Å². The van der Waals surface area contributed by atoms with Crippen LogP contribution in [0.3, 0.4) is 0 Å². The fourth-order valence-electron chi connectivity index (χ4n) is 3.04. The molecule has 138 valence electrons. The normalized spacial score (nSPS) is 13.6. The summed E-state index contributed by atoms with van der Waals surface area (Å²) >= 11 is 7.49. The smallest absolute Gasteiger partial charge is 0.341 e. The first-order valence-corrected chi connectivity index (χ1v) is 10.0. The number of anilines is 1. The molecule has 7 heteroatoms. The molecule has 0 bridgehead atoms. The Hall–Kier alpha value is -1.92. The Bertz CT molecular complexity index is 819. The first kappa shape index (κ1) is 18.9. The second kappa shape index (κ2) is 8.64. The van der Waals surface area contributed by atoms with Crippen LogP contribution in [0, 0.1) is 0 Å². The van der Waals surface area contributed by atoms with Gasteiger partial charge in [0.25, 0.3) is 5.91 Å². The highest BCUT2D eigenvalue weighted by Crippen LogP contribution is 2.38. The van der Waals surface area contributed by atoms with E-state index < -0.39 is 0 Å². The number of nitrogens with one attached hydrogen (secondary N) is 1. The zero-order valence-corrected chi connectivity index (χ0v) is 16.2. The molecule has 0 radical (unpaired) electrons. The van der Waals surface area contributed by atoms with Crippen LogP contribution < -0.4 is 5.32 Å². The van der Waals surface area contributed by atoms with Crippen LogP contribution in [0.15, 0.2) is 18.3 Å². The number of amides is 1. The zero-order valence-electron chi connectivity index (χ0n) is 14.6. The quantitative estimate of drug-likeness (QED) is 0.447. The molecule has 5 nitrogen and oxygen atoms in total. The molecule has 0 saturated heterocycles. The Morgan fingerprint density at radius 1 is 1.31 bits per heavy atom. The molecule has 1 N–H and O–H groups in total. The summed E-state index contributed by atoms with van der Waals surface area (Å²) in [6.07, 6.45) is 7.34. The van der Waals surface area contributed by atoms with Gasteiger partial charge < -0.3 is 10.1 Å². The number of aryl methyl sites for hydroxylation is 1. The van der Waals surface area contributed by atoms with Crippen molar-refractivity contribution in [2.24, 2.45) is 0 Å². The second-order valence-electron chi connectivity index (χ2n) is 6.20. The topological polar surface area (TPSA) is 68.3 Å². The van der Waals surface area contributed by atoms with E-state index in [2.05, 4.69) is 10.3 Å². The van der Waals surface area contributed by atoms with E-state index in [9.17, 15) is 9.59 Å². The molecular formula is C19H21ClN2O3S. The van der Waals surface area contributed by atoms with Crippen molar-refractivity contribution in [2.45, 2.75) is 45.4 Å². The van der Waals surface area contributed by atoms with Gasteiger partial charge in [-0.15, -0.1) is 11.3 Å². The summed E-state index contributed by atoms with van der Waals surface area (Å²) < 4.78 is 5.37. The monoisotopic (exact) mass is 392 g/mol. The lowest BCUT2D eigenvalue weighted by Crippen LogP contribution is -2.16. The Kier molecular flexibility index (Phi) is 6.27. The van der Waals surface area contributed by atoms with Crippen LogP contribution in [0.25, 0.3) is 0 Å². The predicted octanol–water partition coefficient (Wildman–Crippen LogP) is 4.88. The number of esters is 1. The molecule has 1 aliphatic carbocycles. The van der Waals surface area contributed by atoms with E-state index in [0.29, 0.717) is 17.2 Å². The third-order valence-corrected chi connectivity index (χ3v) is 5.80. The van der Waals surface area contributed by atoms with Gasteiger partial charge in [-0.25, -0.2) is 9.78 Å². The van der Waals surface area contributed by atoms with E-state index in [1.807, 2.05) is 6.92 Å². The number of nitrogens with zero attached hydrogens (tertiary/aromatic N) is 1. The van der Waals surface area contributed by atoms with Crippen molar-refractivity contribution in [2.75, 3.05) is 11.9 Å². The van der Waals surface area contributed by atoms with Crippen molar-refractivity contribution < 1.29 is 14.3 Å². The average Bonchev–Trinajstić information content (AvgIpc) is 2.81. The van der Waals surface area contributed by atoms with E-state index in [0.717, 1.165) is 44.1 Å². The minimum Gasteiger partial charge on any atom is -0.462 e. The summed E-state index contributed by atoms with van der Waals surface area (Å²) in [5, 5.41) is 3.54. The van der Waals surface area contributed by atoms with E-state index in [-0.39, 0.29) is 22.6 Å². The van der Waals surface area contributed by atoms with Gasteiger partial charge >= 0.3 is 5.97 Å². The number of halogens is 1. The lowest BCUT2D eigenvalue weighted by molar-refractivity contribution is 0.0505. The zero-order chi connectivity index (χ0) is 18.5. The predicted molar refractivity (Wildman–Crippen MR) is 103 cm³/mol. The third-order valence-electron chi connectivity index (χ3n) is 4.29. The van der Waals surface area contributed by atoms with Gasteiger partial charge in [-0.1, -0.05) is 24.9 Å². The van der Waals surface area contributed by atoms with Crippen LogP contribution in [-0.4, -0.2) is 23.5 Å². The molecule has 0 fully saturated rings. The molecule has 2 aromatic rings. The molecule has 0 aliphatic heterocycles. The molecule has 0 atom stereocenters. The minimum absolute atomic E-state index is 0.137. The summed E-state index contributed by atoms with van der Waals surface area (Å²) in [6.45, 7) is 2.32. The maximum Gasteiger partial charge on any atom is 0.341 e. The lowest BCUT2D eigenvalue weighted by Gasteiger charge is -2.09. The Labute approximate surface area is 161 Å². The average molecular weight is 393 g/mol. The van der Waals surface area contributed by atoms with E-state index in [4.69, 9.17) is 16.3 Å². The standard InChI is InChI=1S/C19H21ClN2O3S/c1-2-11-25-19(24)15-12-7-4-3-5-9-14(12)26-18(15)22-17(23)13-8-6-10-21-16(13)20/h6,8,10H,2-5,7,9,11H2,1H3,(H,22,23). The van der Waals surface area contributed by atoms with Crippen LogP contribution in [0.1, 0.15) is 63.8 Å². The van der Waals surface area contributed by atoms with Gasteiger partial charge in [-0.05, 0) is 49.8 Å². The highest BCUT2D eigenvalue weighted by atomic mass is 35.5. The van der Waals surface area contributed by atoms with Crippen molar-refractivity contribution in [1.82, 2.24) is 4.98 Å². The number of hydrogen-bond donors (Lipinski definition) is 1. The molecule has 2 heterocycles. The summed E-state index contributed by atoms with van der Waals surface area (Å²) in [5.74, 6) is -0.733. The number of ether oxygens (including phenoxy) is 1. The van der Waals surface area contributed by atoms with Gasteiger partial charge in [0.1, 0.15) is 10.2 Å². The first-order chi connectivity index (χ1) is 12.6. The Morgan fingerprint density at radius 3 is 2.88 bits per heavy atom. The molecule has 2 aromatic heterocycles. The lowest BCUT2D eigenvalue weighted by atomic mass is 10.1. The summed E-state index contributed by atoms with van der Waals surface area (Å²) in [6, 6.07) is 3.26. The summed E-state index contributed by atoms with van der Waals surface area (Å²) in [5.41, 5.74) is 1.82. The van der Waals surface area contributed by atoms with Crippen LogP contribution >= 0.6 is 22.9 Å². The molecule has 26 heavy (non-hydrogen) atoms. The molecule has 0 spiro atoms. The minimum atomic E-state index is -0.371. The van der Waals surface area contributed by atoms with Crippen molar-refractivity contribution in [3.8, 4) is 0 Å². The fraction of sp³-hybridized carbons (Fsp3) is 0.421. The second-order valence-corrected chi connectivity index (χ2v) is 7.66. The van der Waals surface area contributed by atoms with Gasteiger partial charge in [-0.2, -0.15) is 0 Å². The fourth-order valence-corrected chi connectivity index (χ4v) is 4.52. The van der Waals surface area contributed by atoms with Crippen LogP contribution in [0.5, 0.6) is 0 Å². The maximum atomic E-state index is 12.6. The van der Waals surface area contributed by atoms with E-state index in [1.165, 1.54) is 22.4 Å². The number of hydrogen-bond acceptors (Lipinski definition) is 5. The number of carbonyl (C=O) groups is 2. The van der Waals surface area contributed by atoms with Crippen LogP contribution in [-0.2, 0) is 17.6 Å². The summed E-state index contributed by atoms with van der Waals surface area (Å²) in [7, 11) is 0. The van der Waals surface area contributed by atoms with Crippen molar-refractivity contribution >= 4 is 39.8 Å². The summed E-state index contributed by atoms with van der Waals surface area (Å²) in [4.78, 5) is 30.4. The van der Waals surface area contributed by atoms with Gasteiger partial charge in [0.2, 0.25) is 0 Å². The molecule has 3 rings (SSSR count). The van der Waals surface area contributed by atoms with E-state index in [1.54, 1.807) is 12.1 Å². The van der Waals surface area contributed by atoms with Crippen molar-refractivity contribution in [1.29, 1.82) is 0 Å². The molecule has 0 unspecified atom stereocenters. The van der Waals surface area contributed by atoms with Gasteiger partial charge in [0.15, 0.2) is 0 Å². The molecule has 1 aliphatic rings. The third kappa shape index (κ3) is 4.07. The Balaban J connectivity index is 1.94. The van der Waals surface area contributed by atoms with Crippen LogP contribution in [0.4, 0.5) is 5.00 Å². The molecular weight excluding hydrogens is 372 g/mol. The molecule has 0 saturated carbocycles. The number of carbonyl (C=O) groups excluding carboxylic acids is 2. The number of pyridine rings is 1. The highest BCUT2D eigenvalue weighted by molar-refractivity contribution is 7.17. The number of rotatable bonds is 5. The number of thiophene rings is 1. The van der Waals surface area contributed by atoms with E-state index >= 15 is 0 Å². The van der Waals surface area contributed by atoms with Gasteiger partial charge in [0, 0.05) is 11.1 Å². The largest absolute Gasteiger partial charge is 0.462 e. The number of fused-ring (bicyclic) bond motifs is 1. The highest BCUT2D eigenvalue weighted by Gasteiger charge is 2.27. The van der Waals surface area contributed by atoms with Gasteiger partial charge in [-0.3, -0.25) is 4.79 Å². The first-order valence-electron chi connectivity index (χ1n) is 8.85. The van der Waals surface area contributed by atoms with Gasteiger partial charge in [0.05, 0.1) is 17.7 Å². The Morgan fingerprint density at radius 2 is 2.12 bits per heavy atom. The molecule has 0 aromatic carbocycles. The maximum absolute atomic E-state index is 12.6.